The summed E-state index contributed by atoms with van der Waals surface area (Å²) >= 11 is 0. The summed E-state index contributed by atoms with van der Waals surface area (Å²) in [4.78, 5) is 12.3. The SMILES string of the molecule is C=C1CC(C(C)=O)=C(C)CC2(C)CN(S(=O)(=O)c3ccc(C)cc3)CC12. The molecule has 0 bridgehead atoms. The first-order valence-corrected chi connectivity index (χ1v) is 10.4. The van der Waals surface area contributed by atoms with Gasteiger partial charge in [-0.1, -0.05) is 42.3 Å². The van der Waals surface area contributed by atoms with Gasteiger partial charge in [0.05, 0.1) is 4.90 Å². The van der Waals surface area contributed by atoms with Crippen molar-refractivity contribution in [1.82, 2.24) is 4.31 Å². The van der Waals surface area contributed by atoms with Crippen molar-refractivity contribution in [3.63, 3.8) is 0 Å². The van der Waals surface area contributed by atoms with E-state index >= 15 is 0 Å². The maximum Gasteiger partial charge on any atom is 0.243 e. The van der Waals surface area contributed by atoms with Crippen molar-refractivity contribution in [1.29, 1.82) is 0 Å². The van der Waals surface area contributed by atoms with Crippen LogP contribution in [0.25, 0.3) is 0 Å². The van der Waals surface area contributed by atoms with Crippen molar-refractivity contribution in [3.8, 4) is 0 Å². The summed E-state index contributed by atoms with van der Waals surface area (Å²) in [6.07, 6.45) is 1.28. The highest BCUT2D eigenvalue weighted by molar-refractivity contribution is 7.89. The monoisotopic (exact) mass is 373 g/mol. The summed E-state index contributed by atoms with van der Waals surface area (Å²) in [5, 5.41) is 0. The first-order valence-electron chi connectivity index (χ1n) is 8.98. The number of fused-ring (bicyclic) bond motifs is 1. The molecule has 2 unspecified atom stereocenters. The Morgan fingerprint density at radius 2 is 1.85 bits per heavy atom. The molecule has 3 rings (SSSR count). The third kappa shape index (κ3) is 3.19. The Bertz CT molecular complexity index is 896. The van der Waals surface area contributed by atoms with Gasteiger partial charge in [-0.2, -0.15) is 4.31 Å². The van der Waals surface area contributed by atoms with E-state index in [2.05, 4.69) is 13.5 Å². The smallest absolute Gasteiger partial charge is 0.243 e. The molecule has 1 aliphatic carbocycles. The highest BCUT2D eigenvalue weighted by Crippen LogP contribution is 2.49. The summed E-state index contributed by atoms with van der Waals surface area (Å²) in [6, 6.07) is 7.01. The second-order valence-corrected chi connectivity index (χ2v) is 10.1. The molecule has 140 valence electrons. The predicted octanol–water partition coefficient (Wildman–Crippen LogP) is 3.88. The van der Waals surface area contributed by atoms with E-state index < -0.39 is 10.0 Å². The largest absolute Gasteiger partial charge is 0.295 e. The quantitative estimate of drug-likeness (QED) is 0.756. The van der Waals surface area contributed by atoms with Gasteiger partial charge in [-0.05, 0) is 56.7 Å². The number of Topliss-reactive ketones (excluding diaryl/α,β-unsaturated/α-hetero) is 1. The lowest BCUT2D eigenvalue weighted by molar-refractivity contribution is -0.113. The molecule has 2 atom stereocenters. The van der Waals surface area contributed by atoms with Gasteiger partial charge in [0.25, 0.3) is 0 Å². The summed E-state index contributed by atoms with van der Waals surface area (Å²) < 4.78 is 27.8. The zero-order valence-electron chi connectivity index (χ0n) is 16.0. The van der Waals surface area contributed by atoms with Crippen LogP contribution in [-0.4, -0.2) is 31.6 Å². The van der Waals surface area contributed by atoms with Crippen LogP contribution in [0.4, 0.5) is 0 Å². The molecule has 1 fully saturated rings. The van der Waals surface area contributed by atoms with Crippen LogP contribution in [0.2, 0.25) is 0 Å². The summed E-state index contributed by atoms with van der Waals surface area (Å²) in [5.74, 6) is 0.158. The number of hydrogen-bond donors (Lipinski definition) is 0. The number of carbonyl (C=O) groups is 1. The minimum absolute atomic E-state index is 0.0644. The van der Waals surface area contributed by atoms with Gasteiger partial charge in [0.1, 0.15) is 0 Å². The van der Waals surface area contributed by atoms with Crippen LogP contribution in [0.1, 0.15) is 39.2 Å². The first-order chi connectivity index (χ1) is 12.0. The van der Waals surface area contributed by atoms with Gasteiger partial charge in [0.2, 0.25) is 10.0 Å². The van der Waals surface area contributed by atoms with E-state index in [0.717, 1.165) is 28.7 Å². The lowest BCUT2D eigenvalue weighted by atomic mass is 9.74. The third-order valence-electron chi connectivity index (χ3n) is 5.93. The summed E-state index contributed by atoms with van der Waals surface area (Å²) in [7, 11) is -3.53. The predicted molar refractivity (Wildman–Crippen MR) is 103 cm³/mol. The number of nitrogens with zero attached hydrogens (tertiary/aromatic N) is 1. The van der Waals surface area contributed by atoms with E-state index in [1.54, 1.807) is 23.4 Å². The van der Waals surface area contributed by atoms with Crippen molar-refractivity contribution in [3.05, 3.63) is 53.1 Å². The van der Waals surface area contributed by atoms with Crippen LogP contribution >= 0.6 is 0 Å². The molecule has 4 nitrogen and oxygen atoms in total. The maximum atomic E-state index is 13.1. The third-order valence-corrected chi connectivity index (χ3v) is 7.76. The van der Waals surface area contributed by atoms with E-state index in [-0.39, 0.29) is 17.1 Å². The van der Waals surface area contributed by atoms with Crippen LogP contribution in [-0.2, 0) is 14.8 Å². The standard InChI is InChI=1S/C21H27NO3S/c1-14-6-8-18(9-7-14)26(24,25)22-12-20-15(2)10-19(17(4)23)16(3)11-21(20,5)13-22/h6-9,20H,2,10-13H2,1,3-5H3. The Hall–Kier alpha value is -1.72. The van der Waals surface area contributed by atoms with Crippen LogP contribution < -0.4 is 0 Å². The van der Waals surface area contributed by atoms with Gasteiger partial charge in [-0.25, -0.2) is 8.42 Å². The molecule has 0 aromatic heterocycles. The van der Waals surface area contributed by atoms with Crippen LogP contribution in [0.5, 0.6) is 0 Å². The highest BCUT2D eigenvalue weighted by atomic mass is 32.2. The van der Waals surface area contributed by atoms with E-state index in [0.29, 0.717) is 24.4 Å². The molecule has 1 aromatic rings. The summed E-state index contributed by atoms with van der Waals surface area (Å²) in [5.41, 5.74) is 3.69. The average molecular weight is 374 g/mol. The molecule has 26 heavy (non-hydrogen) atoms. The number of carbonyl (C=O) groups excluding carboxylic acids is 1. The zero-order valence-corrected chi connectivity index (χ0v) is 16.8. The fraction of sp³-hybridized carbons (Fsp3) is 0.476. The number of allylic oxidation sites excluding steroid dienone is 2. The number of ketones is 1. The number of sulfonamides is 1. The van der Waals surface area contributed by atoms with Crippen molar-refractivity contribution in [2.45, 2.75) is 45.4 Å². The molecule has 0 spiro atoms. The number of rotatable bonds is 3. The fourth-order valence-corrected chi connectivity index (χ4v) is 6.07. The Morgan fingerprint density at radius 3 is 2.42 bits per heavy atom. The second-order valence-electron chi connectivity index (χ2n) is 8.14. The molecule has 0 N–H and O–H groups in total. The molecule has 1 aliphatic heterocycles. The van der Waals surface area contributed by atoms with Crippen molar-refractivity contribution >= 4 is 15.8 Å². The van der Waals surface area contributed by atoms with E-state index in [1.807, 2.05) is 26.0 Å². The Balaban J connectivity index is 1.95. The van der Waals surface area contributed by atoms with Crippen LogP contribution in [0, 0.1) is 18.3 Å². The van der Waals surface area contributed by atoms with Crippen molar-refractivity contribution in [2.75, 3.05) is 13.1 Å². The van der Waals surface area contributed by atoms with Gasteiger partial charge in [0.15, 0.2) is 5.78 Å². The highest BCUT2D eigenvalue weighted by Gasteiger charge is 2.49. The van der Waals surface area contributed by atoms with Gasteiger partial charge in [-0.15, -0.1) is 0 Å². The summed E-state index contributed by atoms with van der Waals surface area (Å²) in [6.45, 7) is 12.8. The molecule has 0 saturated carbocycles. The van der Waals surface area contributed by atoms with E-state index in [4.69, 9.17) is 0 Å². The minimum atomic E-state index is -3.53. The van der Waals surface area contributed by atoms with Gasteiger partial charge in [0, 0.05) is 19.0 Å². The molecule has 1 saturated heterocycles. The molecule has 0 radical (unpaired) electrons. The van der Waals surface area contributed by atoms with Crippen LogP contribution in [0.15, 0.2) is 52.5 Å². The zero-order chi connectivity index (χ0) is 19.3. The first kappa shape index (κ1) is 19.1. The Labute approximate surface area is 156 Å². The average Bonchev–Trinajstić information content (AvgIpc) is 2.86. The fourth-order valence-electron chi connectivity index (χ4n) is 4.48. The number of benzene rings is 1. The second kappa shape index (κ2) is 6.46. The lowest BCUT2D eigenvalue weighted by Crippen LogP contribution is -2.31. The topological polar surface area (TPSA) is 54.5 Å². The normalized spacial score (nSPS) is 27.4. The molecule has 5 heteroatoms. The molecular weight excluding hydrogens is 346 g/mol. The van der Waals surface area contributed by atoms with E-state index in [1.165, 1.54) is 0 Å². The van der Waals surface area contributed by atoms with E-state index in [9.17, 15) is 13.2 Å². The van der Waals surface area contributed by atoms with Gasteiger partial charge in [-0.3, -0.25) is 4.79 Å². The molecule has 1 heterocycles. The van der Waals surface area contributed by atoms with Gasteiger partial charge >= 0.3 is 0 Å². The maximum absolute atomic E-state index is 13.1. The lowest BCUT2D eigenvalue weighted by Gasteiger charge is -2.30. The molecule has 1 aromatic carbocycles. The Morgan fingerprint density at radius 1 is 1.23 bits per heavy atom. The minimum Gasteiger partial charge on any atom is -0.295 e. The molecular formula is C21H27NO3S. The number of aryl methyl sites for hydroxylation is 1. The van der Waals surface area contributed by atoms with Gasteiger partial charge < -0.3 is 0 Å². The Kier molecular flexibility index (Phi) is 4.74. The van der Waals surface area contributed by atoms with Crippen LogP contribution in [0.3, 0.4) is 0 Å². The van der Waals surface area contributed by atoms with Crippen molar-refractivity contribution < 1.29 is 13.2 Å². The van der Waals surface area contributed by atoms with Crippen molar-refractivity contribution in [2.24, 2.45) is 11.3 Å². The number of hydrogen-bond acceptors (Lipinski definition) is 3. The molecule has 0 amide bonds. The molecule has 2 aliphatic rings.